The molecule has 6 heteroatoms. The van der Waals surface area contributed by atoms with Gasteiger partial charge in [-0.25, -0.2) is 4.39 Å². The number of pyridine rings is 1. The van der Waals surface area contributed by atoms with Crippen molar-refractivity contribution in [3.8, 4) is 12.3 Å². The lowest BCUT2D eigenvalue weighted by Crippen LogP contribution is -2.31. The van der Waals surface area contributed by atoms with Crippen LogP contribution in [0, 0.1) is 18.2 Å². The van der Waals surface area contributed by atoms with Crippen molar-refractivity contribution >= 4 is 22.7 Å². The van der Waals surface area contributed by atoms with Gasteiger partial charge in [0.25, 0.3) is 5.91 Å². The number of halogens is 1. The van der Waals surface area contributed by atoms with Crippen LogP contribution in [0.2, 0.25) is 0 Å². The molecule has 0 unspecified atom stereocenters. The fourth-order valence-corrected chi connectivity index (χ4v) is 2.93. The minimum absolute atomic E-state index is 0.0602. The number of rotatable bonds is 6. The molecular formula is C23H20FN3O2. The normalized spacial score (nSPS) is 10.4. The number of terminal acetylenes is 1. The maximum absolute atomic E-state index is 14.3. The molecule has 0 aliphatic carbocycles. The van der Waals surface area contributed by atoms with Crippen molar-refractivity contribution in [2.75, 3.05) is 6.54 Å². The second-order valence-electron chi connectivity index (χ2n) is 6.58. The van der Waals surface area contributed by atoms with Crippen LogP contribution in [-0.2, 0) is 17.9 Å². The second kappa shape index (κ2) is 8.98. The van der Waals surface area contributed by atoms with E-state index in [1.54, 1.807) is 0 Å². The first-order valence-electron chi connectivity index (χ1n) is 9.08. The second-order valence-corrected chi connectivity index (χ2v) is 6.58. The van der Waals surface area contributed by atoms with Crippen molar-refractivity contribution in [1.29, 1.82) is 0 Å². The van der Waals surface area contributed by atoms with Crippen LogP contribution in [0.4, 0.5) is 4.39 Å². The van der Waals surface area contributed by atoms with Gasteiger partial charge >= 0.3 is 0 Å². The molecule has 0 atom stereocenters. The van der Waals surface area contributed by atoms with Crippen LogP contribution in [0.25, 0.3) is 10.9 Å². The molecule has 146 valence electrons. The van der Waals surface area contributed by atoms with Crippen LogP contribution in [0.15, 0.2) is 54.6 Å². The lowest BCUT2D eigenvalue weighted by molar-refractivity contribution is -0.119. The van der Waals surface area contributed by atoms with E-state index < -0.39 is 5.82 Å². The molecular weight excluding hydrogens is 369 g/mol. The zero-order chi connectivity index (χ0) is 20.8. The average molecular weight is 389 g/mol. The quantitative estimate of drug-likeness (QED) is 0.658. The summed E-state index contributed by atoms with van der Waals surface area (Å²) in [6.07, 6.45) is 5.43. The number of hydrogen-bond acceptors (Lipinski definition) is 3. The molecule has 0 saturated heterocycles. The first-order chi connectivity index (χ1) is 14.0. The van der Waals surface area contributed by atoms with Crippen molar-refractivity contribution in [1.82, 2.24) is 15.2 Å². The monoisotopic (exact) mass is 389 g/mol. The Labute approximate surface area is 168 Å². The Bertz CT molecular complexity index is 1100. The molecule has 0 aliphatic heterocycles. The molecule has 5 nitrogen and oxygen atoms in total. The number of aromatic nitrogens is 1. The first kappa shape index (κ1) is 20.0. The largest absolute Gasteiger partial charge is 0.352 e. The number of carbonyl (C=O) groups is 2. The van der Waals surface area contributed by atoms with Gasteiger partial charge in [-0.3, -0.25) is 14.6 Å². The number of amides is 2. The number of nitrogens with one attached hydrogen (secondary N) is 1. The molecule has 0 fully saturated rings. The molecule has 0 radical (unpaired) electrons. The maximum Gasteiger partial charge on any atom is 0.255 e. The Balaban J connectivity index is 1.80. The van der Waals surface area contributed by atoms with Gasteiger partial charge in [0.2, 0.25) is 5.91 Å². The fourth-order valence-electron chi connectivity index (χ4n) is 2.93. The highest BCUT2D eigenvalue weighted by Crippen LogP contribution is 2.16. The van der Waals surface area contributed by atoms with Gasteiger partial charge in [0.05, 0.1) is 24.3 Å². The summed E-state index contributed by atoms with van der Waals surface area (Å²) in [6, 6.07) is 15.6. The van der Waals surface area contributed by atoms with Crippen LogP contribution >= 0.6 is 0 Å². The van der Waals surface area contributed by atoms with Gasteiger partial charge < -0.3 is 10.2 Å². The summed E-state index contributed by atoms with van der Waals surface area (Å²) in [5, 5.41) is 3.54. The third kappa shape index (κ3) is 4.96. The zero-order valence-electron chi connectivity index (χ0n) is 16.0. The van der Waals surface area contributed by atoms with Crippen molar-refractivity contribution in [3.63, 3.8) is 0 Å². The molecule has 0 spiro atoms. The van der Waals surface area contributed by atoms with Gasteiger partial charge in [-0.2, -0.15) is 0 Å². The lowest BCUT2D eigenvalue weighted by Gasteiger charge is -2.20. The van der Waals surface area contributed by atoms with Crippen molar-refractivity contribution < 1.29 is 14.0 Å². The molecule has 2 aromatic carbocycles. The minimum Gasteiger partial charge on any atom is -0.352 e. The molecule has 0 bridgehead atoms. The van der Waals surface area contributed by atoms with Gasteiger partial charge in [0, 0.05) is 30.0 Å². The summed E-state index contributed by atoms with van der Waals surface area (Å²) in [5.41, 5.74) is 2.00. The SMILES string of the molecule is C#CCN(Cc1ccc2ccccc2n1)C(=O)c1ccc(CNC(C)=O)c(F)c1. The Morgan fingerprint density at radius 2 is 1.97 bits per heavy atom. The van der Waals surface area contributed by atoms with Gasteiger partial charge in [-0.15, -0.1) is 6.42 Å². The van der Waals surface area contributed by atoms with Crippen molar-refractivity contribution in [2.45, 2.75) is 20.0 Å². The Hall–Kier alpha value is -3.72. The van der Waals surface area contributed by atoms with Crippen LogP contribution in [0.5, 0.6) is 0 Å². The van der Waals surface area contributed by atoms with E-state index in [0.717, 1.165) is 17.0 Å². The summed E-state index contributed by atoms with van der Waals surface area (Å²) in [5.74, 6) is 1.27. The van der Waals surface area contributed by atoms with E-state index in [0.29, 0.717) is 11.3 Å². The average Bonchev–Trinajstić information content (AvgIpc) is 2.71. The Morgan fingerprint density at radius 3 is 2.69 bits per heavy atom. The summed E-state index contributed by atoms with van der Waals surface area (Å²) in [7, 11) is 0. The lowest BCUT2D eigenvalue weighted by atomic mass is 10.1. The van der Waals surface area contributed by atoms with Crippen LogP contribution in [0.1, 0.15) is 28.5 Å². The number of nitrogens with zero attached hydrogens (tertiary/aromatic N) is 2. The number of fused-ring (bicyclic) bond motifs is 1. The third-order valence-corrected chi connectivity index (χ3v) is 4.41. The van der Waals surface area contributed by atoms with Crippen molar-refractivity contribution in [3.05, 3.63) is 77.2 Å². The van der Waals surface area contributed by atoms with E-state index in [-0.39, 0.29) is 37.0 Å². The van der Waals surface area contributed by atoms with Crippen molar-refractivity contribution in [2.24, 2.45) is 0 Å². The number of carbonyl (C=O) groups excluding carboxylic acids is 2. The maximum atomic E-state index is 14.3. The summed E-state index contributed by atoms with van der Waals surface area (Å²) < 4.78 is 14.3. The predicted octanol–water partition coefficient (Wildman–Crippen LogP) is 3.29. The van der Waals surface area contributed by atoms with Crippen LogP contribution in [0.3, 0.4) is 0 Å². The topological polar surface area (TPSA) is 62.3 Å². The molecule has 1 aromatic heterocycles. The molecule has 0 saturated carbocycles. The molecule has 0 aliphatic rings. The highest BCUT2D eigenvalue weighted by atomic mass is 19.1. The molecule has 29 heavy (non-hydrogen) atoms. The standard InChI is InChI=1S/C23H20FN3O2/c1-3-12-27(15-20-11-10-17-6-4-5-7-22(17)26-20)23(29)18-8-9-19(21(24)13-18)14-25-16(2)28/h1,4-11,13H,12,14-15H2,2H3,(H,25,28). The smallest absolute Gasteiger partial charge is 0.255 e. The summed E-state index contributed by atoms with van der Waals surface area (Å²) >= 11 is 0. The van der Waals surface area contributed by atoms with E-state index in [1.807, 2.05) is 36.4 Å². The fraction of sp³-hybridized carbons (Fsp3) is 0.174. The highest BCUT2D eigenvalue weighted by Gasteiger charge is 2.18. The highest BCUT2D eigenvalue weighted by molar-refractivity contribution is 5.94. The van der Waals surface area contributed by atoms with Gasteiger partial charge in [0.15, 0.2) is 0 Å². The molecule has 3 aromatic rings. The molecule has 3 rings (SSSR count). The van der Waals surface area contributed by atoms with Gasteiger partial charge in [-0.1, -0.05) is 36.3 Å². The van der Waals surface area contributed by atoms with Crippen LogP contribution in [-0.4, -0.2) is 28.2 Å². The Kier molecular flexibility index (Phi) is 6.20. The molecule has 2 amide bonds. The van der Waals surface area contributed by atoms with E-state index in [2.05, 4.69) is 16.2 Å². The minimum atomic E-state index is -0.561. The third-order valence-electron chi connectivity index (χ3n) is 4.41. The molecule has 1 N–H and O–H groups in total. The summed E-state index contributed by atoms with van der Waals surface area (Å²) in [4.78, 5) is 29.9. The number of para-hydroxylation sites is 1. The van der Waals surface area contributed by atoms with Gasteiger partial charge in [-0.05, 0) is 24.3 Å². The van der Waals surface area contributed by atoms with E-state index >= 15 is 0 Å². The molecule has 1 heterocycles. The van der Waals surface area contributed by atoms with Crippen LogP contribution < -0.4 is 5.32 Å². The first-order valence-corrected chi connectivity index (χ1v) is 9.08. The Morgan fingerprint density at radius 1 is 1.17 bits per heavy atom. The van der Waals surface area contributed by atoms with Gasteiger partial charge in [0.1, 0.15) is 5.82 Å². The predicted molar refractivity (Wildman–Crippen MR) is 109 cm³/mol. The number of benzene rings is 2. The van der Waals surface area contributed by atoms with E-state index in [1.165, 1.54) is 24.0 Å². The zero-order valence-corrected chi connectivity index (χ0v) is 16.0. The van der Waals surface area contributed by atoms with E-state index in [4.69, 9.17) is 6.42 Å². The van der Waals surface area contributed by atoms with E-state index in [9.17, 15) is 14.0 Å². The number of hydrogen-bond donors (Lipinski definition) is 1. The summed E-state index contributed by atoms with van der Waals surface area (Å²) in [6.45, 7) is 1.70.